The van der Waals surface area contributed by atoms with Gasteiger partial charge in [-0.1, -0.05) is 13.8 Å². The van der Waals surface area contributed by atoms with E-state index in [2.05, 4.69) is 22.2 Å². The summed E-state index contributed by atoms with van der Waals surface area (Å²) in [5, 5.41) is 2.81. The van der Waals surface area contributed by atoms with Crippen LogP contribution in [0.25, 0.3) is 11.0 Å². The summed E-state index contributed by atoms with van der Waals surface area (Å²) in [6.07, 6.45) is 1.59. The lowest BCUT2D eigenvalue weighted by Gasteiger charge is -2.11. The molecule has 1 N–H and O–H groups in total. The number of benzene rings is 2. The van der Waals surface area contributed by atoms with Crippen LogP contribution in [0.4, 0.5) is 5.69 Å². The molecule has 2 heterocycles. The molecule has 0 bridgehead atoms. The lowest BCUT2D eigenvalue weighted by Crippen LogP contribution is -2.14. The number of Topliss-reactive ketones (excluding diaryl/α,β-unsaturated/α-hetero) is 1. The molecule has 1 aliphatic heterocycles. The van der Waals surface area contributed by atoms with Gasteiger partial charge in [-0.15, -0.1) is 0 Å². The Bertz CT molecular complexity index is 1140. The van der Waals surface area contributed by atoms with Crippen molar-refractivity contribution in [2.75, 3.05) is 12.1 Å². The molecule has 29 heavy (non-hydrogen) atoms. The number of carbonyl (C=O) groups is 2. The molecule has 0 saturated heterocycles. The maximum atomic E-state index is 12.9. The highest BCUT2D eigenvalue weighted by atomic mass is 16.7. The number of anilines is 1. The van der Waals surface area contributed by atoms with Crippen LogP contribution in [-0.2, 0) is 12.8 Å². The lowest BCUT2D eigenvalue weighted by atomic mass is 10.1. The van der Waals surface area contributed by atoms with E-state index in [-0.39, 0.29) is 18.5 Å². The predicted molar refractivity (Wildman–Crippen MR) is 109 cm³/mol. The van der Waals surface area contributed by atoms with Gasteiger partial charge in [-0.2, -0.15) is 0 Å². The SMILES string of the molecule is CCc1nc2ccc(C(=O)Nc3cc4c(cc3C(C)=O)OCO4)cc2nc1CC. The molecule has 1 aromatic heterocycles. The second-order valence-electron chi connectivity index (χ2n) is 6.79. The van der Waals surface area contributed by atoms with Crippen molar-refractivity contribution in [3.8, 4) is 11.5 Å². The predicted octanol–water partition coefficient (Wildman–Crippen LogP) is 3.94. The van der Waals surface area contributed by atoms with Gasteiger partial charge in [-0.05, 0) is 44.0 Å². The fourth-order valence-corrected chi connectivity index (χ4v) is 3.37. The van der Waals surface area contributed by atoms with Gasteiger partial charge in [0, 0.05) is 17.2 Å². The molecule has 0 unspecified atom stereocenters. The largest absolute Gasteiger partial charge is 0.454 e. The highest BCUT2D eigenvalue weighted by Crippen LogP contribution is 2.37. The molecule has 7 heteroatoms. The molecule has 1 amide bonds. The summed E-state index contributed by atoms with van der Waals surface area (Å²) in [7, 11) is 0. The quantitative estimate of drug-likeness (QED) is 0.663. The Hall–Kier alpha value is -3.48. The minimum atomic E-state index is -0.340. The Labute approximate surface area is 168 Å². The lowest BCUT2D eigenvalue weighted by molar-refractivity contribution is 0.101. The summed E-state index contributed by atoms with van der Waals surface area (Å²) in [6, 6.07) is 8.42. The van der Waals surface area contributed by atoms with Crippen LogP contribution < -0.4 is 14.8 Å². The van der Waals surface area contributed by atoms with Crippen molar-refractivity contribution in [1.29, 1.82) is 0 Å². The van der Waals surface area contributed by atoms with Crippen molar-refractivity contribution in [1.82, 2.24) is 9.97 Å². The van der Waals surface area contributed by atoms with Gasteiger partial charge in [0.25, 0.3) is 5.91 Å². The average Bonchev–Trinajstić information content (AvgIpc) is 3.18. The zero-order valence-corrected chi connectivity index (χ0v) is 16.5. The van der Waals surface area contributed by atoms with Gasteiger partial charge in [0.1, 0.15) is 0 Å². The second kappa shape index (κ2) is 7.50. The summed E-state index contributed by atoms with van der Waals surface area (Å²) in [5.74, 6) is 0.470. The fraction of sp³-hybridized carbons (Fsp3) is 0.273. The standard InChI is InChI=1S/C22H21N3O4/c1-4-15-16(5-2)24-19-8-13(6-7-17(19)23-15)22(27)25-18-10-21-20(28-11-29-21)9-14(18)12(3)26/h6-10H,4-5,11H2,1-3H3,(H,25,27). The third-order valence-corrected chi connectivity index (χ3v) is 4.89. The molecular formula is C22H21N3O4. The van der Waals surface area contributed by atoms with Gasteiger partial charge >= 0.3 is 0 Å². The molecule has 4 rings (SSSR count). The van der Waals surface area contributed by atoms with Gasteiger partial charge in [0.05, 0.1) is 28.1 Å². The number of ether oxygens (including phenoxy) is 2. The van der Waals surface area contributed by atoms with Crippen LogP contribution in [0.2, 0.25) is 0 Å². The Morgan fingerprint density at radius 2 is 1.62 bits per heavy atom. The summed E-state index contributed by atoms with van der Waals surface area (Å²) in [5.41, 5.74) is 4.52. The van der Waals surface area contributed by atoms with Crippen LogP contribution >= 0.6 is 0 Å². The van der Waals surface area contributed by atoms with E-state index < -0.39 is 0 Å². The summed E-state index contributed by atoms with van der Waals surface area (Å²) < 4.78 is 10.7. The smallest absolute Gasteiger partial charge is 0.255 e. The van der Waals surface area contributed by atoms with Crippen molar-refractivity contribution < 1.29 is 19.1 Å². The van der Waals surface area contributed by atoms with E-state index in [0.29, 0.717) is 33.8 Å². The van der Waals surface area contributed by atoms with E-state index in [4.69, 9.17) is 9.47 Å². The molecule has 0 atom stereocenters. The van der Waals surface area contributed by atoms with Crippen molar-refractivity contribution in [3.63, 3.8) is 0 Å². The van der Waals surface area contributed by atoms with Gasteiger partial charge in [0.15, 0.2) is 17.3 Å². The van der Waals surface area contributed by atoms with Gasteiger partial charge < -0.3 is 14.8 Å². The summed E-state index contributed by atoms with van der Waals surface area (Å²) >= 11 is 0. The van der Waals surface area contributed by atoms with Crippen LogP contribution in [-0.4, -0.2) is 28.5 Å². The Morgan fingerprint density at radius 3 is 2.28 bits per heavy atom. The van der Waals surface area contributed by atoms with Gasteiger partial charge in [-0.25, -0.2) is 9.97 Å². The highest BCUT2D eigenvalue weighted by molar-refractivity contribution is 6.10. The van der Waals surface area contributed by atoms with E-state index in [0.717, 1.165) is 29.7 Å². The van der Waals surface area contributed by atoms with E-state index >= 15 is 0 Å². The van der Waals surface area contributed by atoms with Crippen LogP contribution in [0.1, 0.15) is 52.9 Å². The van der Waals surface area contributed by atoms with E-state index in [1.54, 1.807) is 30.3 Å². The Morgan fingerprint density at radius 1 is 0.966 bits per heavy atom. The summed E-state index contributed by atoms with van der Waals surface area (Å²) in [6.45, 7) is 5.62. The van der Waals surface area contributed by atoms with Crippen LogP contribution in [0.5, 0.6) is 11.5 Å². The van der Waals surface area contributed by atoms with Crippen molar-refractivity contribution in [3.05, 3.63) is 52.8 Å². The maximum Gasteiger partial charge on any atom is 0.255 e. The number of nitrogens with zero attached hydrogens (tertiary/aromatic N) is 2. The molecule has 1 aliphatic rings. The molecule has 3 aromatic rings. The molecule has 7 nitrogen and oxygen atoms in total. The number of amides is 1. The van der Waals surface area contributed by atoms with Crippen molar-refractivity contribution >= 4 is 28.4 Å². The number of rotatable bonds is 5. The maximum absolute atomic E-state index is 12.9. The number of aryl methyl sites for hydroxylation is 2. The third-order valence-electron chi connectivity index (χ3n) is 4.89. The van der Waals surface area contributed by atoms with Crippen molar-refractivity contribution in [2.45, 2.75) is 33.6 Å². The molecule has 0 spiro atoms. The van der Waals surface area contributed by atoms with E-state index in [9.17, 15) is 9.59 Å². The molecule has 0 saturated carbocycles. The zero-order chi connectivity index (χ0) is 20.5. The molecule has 2 aromatic carbocycles. The van der Waals surface area contributed by atoms with E-state index in [1.807, 2.05) is 6.92 Å². The number of ketones is 1. The van der Waals surface area contributed by atoms with Gasteiger partial charge in [-0.3, -0.25) is 9.59 Å². The number of hydrogen-bond donors (Lipinski definition) is 1. The number of nitrogens with one attached hydrogen (secondary N) is 1. The first-order chi connectivity index (χ1) is 14.0. The third kappa shape index (κ3) is 3.51. The van der Waals surface area contributed by atoms with E-state index in [1.165, 1.54) is 6.92 Å². The Kier molecular flexibility index (Phi) is 4.88. The average molecular weight is 391 g/mol. The number of carbonyl (C=O) groups excluding carboxylic acids is 2. The molecule has 148 valence electrons. The van der Waals surface area contributed by atoms with Crippen LogP contribution in [0, 0.1) is 0 Å². The van der Waals surface area contributed by atoms with Crippen LogP contribution in [0.3, 0.4) is 0 Å². The number of aromatic nitrogens is 2. The Balaban J connectivity index is 1.68. The number of hydrogen-bond acceptors (Lipinski definition) is 6. The first-order valence-electron chi connectivity index (χ1n) is 9.55. The monoisotopic (exact) mass is 391 g/mol. The highest BCUT2D eigenvalue weighted by Gasteiger charge is 2.21. The topological polar surface area (TPSA) is 90.4 Å². The molecule has 0 radical (unpaired) electrons. The second-order valence-corrected chi connectivity index (χ2v) is 6.79. The summed E-state index contributed by atoms with van der Waals surface area (Å²) in [4.78, 5) is 34.2. The fourth-order valence-electron chi connectivity index (χ4n) is 3.37. The molecule has 0 aliphatic carbocycles. The first-order valence-corrected chi connectivity index (χ1v) is 9.55. The zero-order valence-electron chi connectivity index (χ0n) is 16.5. The molecule has 0 fully saturated rings. The normalized spacial score (nSPS) is 12.2. The minimum absolute atomic E-state index is 0.0902. The van der Waals surface area contributed by atoms with Crippen molar-refractivity contribution in [2.24, 2.45) is 0 Å². The number of fused-ring (bicyclic) bond motifs is 2. The molecular weight excluding hydrogens is 370 g/mol. The van der Waals surface area contributed by atoms with Crippen LogP contribution in [0.15, 0.2) is 30.3 Å². The van der Waals surface area contributed by atoms with Gasteiger partial charge in [0.2, 0.25) is 6.79 Å². The first kappa shape index (κ1) is 18.9. The minimum Gasteiger partial charge on any atom is -0.454 e.